The maximum Gasteiger partial charge on any atom is 0.341 e. The first-order valence-corrected chi connectivity index (χ1v) is 29.1. The van der Waals surface area contributed by atoms with E-state index < -0.39 is 36.2 Å². The number of nitrogens with two attached hydrogens (primary N) is 1. The molecule has 0 unspecified atom stereocenters. The highest BCUT2D eigenvalue weighted by Gasteiger charge is 2.20. The molecule has 0 aliphatic carbocycles. The van der Waals surface area contributed by atoms with Gasteiger partial charge >= 0.3 is 5.97 Å². The van der Waals surface area contributed by atoms with Crippen molar-refractivity contribution < 1.29 is 43.3 Å². The van der Waals surface area contributed by atoms with Gasteiger partial charge in [-0.25, -0.2) is 14.8 Å². The number of halogens is 2. The van der Waals surface area contributed by atoms with Gasteiger partial charge in [-0.05, 0) is 124 Å². The van der Waals surface area contributed by atoms with Crippen LogP contribution in [0.4, 0.5) is 23.0 Å². The number of rotatable bonds is 29. The van der Waals surface area contributed by atoms with Crippen molar-refractivity contribution in [1.29, 1.82) is 10.8 Å². The number of pyridine rings is 2. The van der Waals surface area contributed by atoms with Crippen LogP contribution in [-0.2, 0) is 9.59 Å². The third kappa shape index (κ3) is 25.7. The highest BCUT2D eigenvalue weighted by atomic mass is 35.5. The van der Waals surface area contributed by atoms with Crippen LogP contribution in [0, 0.1) is 10.8 Å². The molecule has 0 aliphatic rings. The number of carboxylic acid groups (broad SMARTS) is 1. The molecule has 0 radical (unpaired) electrons. The number of ether oxygens (including phenoxy) is 2. The molecular weight excluding hydrogens is 1150 g/mol. The average molecular weight is 1230 g/mol. The SMILES string of the molecule is CCCCCCCCNC(=O)COc1ccc(NC(=O)c2ccc(C(=N)N(C)C)cc2)c(C(=O)Nc2ccc(Cl)cn2)c1.CN(C)C(=N)c1ccc(C(=O)Nc2ccc(OCC(=O)O)cc2C(=O)Nc2ccc(Cl)cn2)cc1.CNCCCCCCN. The van der Waals surface area contributed by atoms with E-state index in [2.05, 4.69) is 48.8 Å². The molecule has 4 aromatic carbocycles. The Morgan fingerprint density at radius 3 is 1.34 bits per heavy atom. The maximum atomic E-state index is 13.3. The zero-order valence-electron chi connectivity index (χ0n) is 50.0. The van der Waals surface area contributed by atoms with Crippen molar-refractivity contribution in [3.63, 3.8) is 0 Å². The van der Waals surface area contributed by atoms with Gasteiger partial charge in [0.25, 0.3) is 29.5 Å². The van der Waals surface area contributed by atoms with Gasteiger partial charge in [-0.3, -0.25) is 34.8 Å². The van der Waals surface area contributed by atoms with Crippen LogP contribution >= 0.6 is 23.2 Å². The molecule has 464 valence electrons. The standard InChI is InChI=1S/C32H39ClN6O4.C24H22ClN5O5.C7H18N2/c1-4-5-6-7-8-9-18-35-29(40)21-43-25-15-16-27(26(19-25)32(42)38-28-17-14-24(33)20-36-28)37-31(41)23-12-10-22(11-13-23)30(34)39(2)3;1-30(2)22(26)14-3-5-15(6-4-14)23(33)28-19-9-8-17(35-13-21(31)32)11-18(19)24(34)29-20-10-7-16(25)12-27-20;1-9-7-5-3-2-4-6-8/h10-17,19-20,34H,4-9,18,21H2,1-3H3,(H,35,40)(H,37,41)(H,36,38,42);3-12,26H,13H2,1-2H3,(H,28,33)(H,31,32)(H,27,29,34);9H,2-8H2,1H3. The number of carboxylic acids is 1. The molecular formula is C63H79Cl2N13O9. The molecule has 2 heterocycles. The van der Waals surface area contributed by atoms with E-state index >= 15 is 0 Å². The van der Waals surface area contributed by atoms with Gasteiger partial charge in [0.1, 0.15) is 34.8 Å². The van der Waals surface area contributed by atoms with Crippen LogP contribution in [0.2, 0.25) is 10.0 Å². The Bertz CT molecular complexity index is 3200. The quantitative estimate of drug-likeness (QED) is 0.0119. The van der Waals surface area contributed by atoms with Crippen LogP contribution < -0.4 is 47.1 Å². The van der Waals surface area contributed by atoms with Gasteiger partial charge in [-0.1, -0.05) is 99.3 Å². The number of unbranched alkanes of at least 4 members (excludes halogenated alkanes) is 8. The second-order valence-corrected chi connectivity index (χ2v) is 20.9. The van der Waals surface area contributed by atoms with Gasteiger partial charge in [-0.15, -0.1) is 0 Å². The van der Waals surface area contributed by atoms with E-state index in [-0.39, 0.29) is 58.2 Å². The molecule has 2 aromatic heterocycles. The van der Waals surface area contributed by atoms with E-state index in [0.29, 0.717) is 50.5 Å². The van der Waals surface area contributed by atoms with Crippen molar-refractivity contribution in [2.45, 2.75) is 71.1 Å². The number of hydrogen-bond donors (Lipinski definition) is 10. The minimum atomic E-state index is -1.18. The number of anilines is 4. The number of carbonyl (C=O) groups excluding carboxylic acids is 5. The number of nitrogens with zero attached hydrogens (tertiary/aromatic N) is 4. The van der Waals surface area contributed by atoms with Crippen molar-refractivity contribution in [2.75, 3.05) is 89.4 Å². The van der Waals surface area contributed by atoms with Crippen molar-refractivity contribution >= 4 is 93.4 Å². The summed E-state index contributed by atoms with van der Waals surface area (Å²) >= 11 is 11.7. The Balaban J connectivity index is 0.000000331. The van der Waals surface area contributed by atoms with Crippen molar-refractivity contribution in [2.24, 2.45) is 5.73 Å². The number of nitrogens with one attached hydrogen (secondary N) is 8. The van der Waals surface area contributed by atoms with Gasteiger partial charge in [0.15, 0.2) is 13.2 Å². The first-order chi connectivity index (χ1) is 41.7. The number of aromatic nitrogens is 2. The topological polar surface area (TPSA) is 319 Å². The molecule has 87 heavy (non-hydrogen) atoms. The predicted octanol–water partition coefficient (Wildman–Crippen LogP) is 10.3. The van der Waals surface area contributed by atoms with E-state index in [1.54, 1.807) is 117 Å². The molecule has 22 nitrogen and oxygen atoms in total. The van der Waals surface area contributed by atoms with E-state index in [1.807, 2.05) is 7.05 Å². The summed E-state index contributed by atoms with van der Waals surface area (Å²) in [6.45, 7) is 3.94. The van der Waals surface area contributed by atoms with E-state index in [4.69, 9.17) is 54.3 Å². The van der Waals surface area contributed by atoms with Gasteiger partial charge in [0.2, 0.25) is 0 Å². The summed E-state index contributed by atoms with van der Waals surface area (Å²) in [4.78, 5) is 86.8. The summed E-state index contributed by atoms with van der Waals surface area (Å²) in [6, 6.07) is 28.1. The van der Waals surface area contributed by atoms with Gasteiger partial charge in [-0.2, -0.15) is 0 Å². The number of amides is 5. The summed E-state index contributed by atoms with van der Waals surface area (Å²) < 4.78 is 10.8. The fourth-order valence-electron chi connectivity index (χ4n) is 7.83. The number of hydrogen-bond acceptors (Lipinski definition) is 14. The minimum absolute atomic E-state index is 0.0315. The van der Waals surface area contributed by atoms with E-state index in [0.717, 1.165) is 32.4 Å². The molecule has 0 atom stereocenters. The third-order valence-electron chi connectivity index (χ3n) is 12.6. The molecule has 5 amide bonds. The summed E-state index contributed by atoms with van der Waals surface area (Å²) in [6.07, 6.45) is 14.6. The Morgan fingerprint density at radius 2 is 0.943 bits per heavy atom. The van der Waals surface area contributed by atoms with Crippen molar-refractivity contribution in [3.05, 3.63) is 165 Å². The van der Waals surface area contributed by atoms with Gasteiger partial charge in [0.05, 0.1) is 32.5 Å². The number of aliphatic carboxylic acids is 1. The molecule has 0 saturated heterocycles. The Labute approximate surface area is 518 Å². The molecule has 0 aliphatic heterocycles. The zero-order valence-corrected chi connectivity index (χ0v) is 51.5. The normalized spacial score (nSPS) is 10.4. The Kier molecular flexibility index (Phi) is 30.9. The summed E-state index contributed by atoms with van der Waals surface area (Å²) in [5.74, 6) is -1.98. The van der Waals surface area contributed by atoms with Crippen LogP contribution in [0.5, 0.6) is 11.5 Å². The van der Waals surface area contributed by atoms with Crippen LogP contribution in [-0.4, -0.2) is 140 Å². The average Bonchev–Trinajstić information content (AvgIpc) is 1.93. The lowest BCUT2D eigenvalue weighted by Crippen LogP contribution is -2.29. The zero-order chi connectivity index (χ0) is 63.7. The van der Waals surface area contributed by atoms with Gasteiger partial charge in [0, 0.05) is 69.4 Å². The summed E-state index contributed by atoms with van der Waals surface area (Å²) in [7, 11) is 9.03. The Hall–Kier alpha value is -8.96. The highest BCUT2D eigenvalue weighted by Crippen LogP contribution is 2.27. The van der Waals surface area contributed by atoms with Crippen LogP contribution in [0.25, 0.3) is 0 Å². The van der Waals surface area contributed by atoms with Gasteiger partial charge < -0.3 is 62.0 Å². The minimum Gasteiger partial charge on any atom is -0.484 e. The number of amidine groups is 2. The second-order valence-electron chi connectivity index (χ2n) is 20.0. The van der Waals surface area contributed by atoms with E-state index in [9.17, 15) is 28.8 Å². The van der Waals surface area contributed by atoms with Crippen LogP contribution in [0.3, 0.4) is 0 Å². The predicted molar refractivity (Wildman–Crippen MR) is 344 cm³/mol. The largest absolute Gasteiger partial charge is 0.484 e. The van der Waals surface area contributed by atoms with E-state index in [1.165, 1.54) is 87.7 Å². The summed E-state index contributed by atoms with van der Waals surface area (Å²) in [5, 5.41) is 42.5. The molecule has 11 N–H and O–H groups in total. The molecule has 0 spiro atoms. The monoisotopic (exact) mass is 1230 g/mol. The van der Waals surface area contributed by atoms with Crippen LogP contribution in [0.15, 0.2) is 122 Å². The second kappa shape index (κ2) is 38.2. The van der Waals surface area contributed by atoms with Crippen molar-refractivity contribution in [3.8, 4) is 11.5 Å². The first kappa shape index (κ1) is 70.5. The molecule has 6 aromatic rings. The molecule has 0 saturated carbocycles. The first-order valence-electron chi connectivity index (χ1n) is 28.3. The molecule has 24 heteroatoms. The van der Waals surface area contributed by atoms with Crippen molar-refractivity contribution in [1.82, 2.24) is 30.4 Å². The fourth-order valence-corrected chi connectivity index (χ4v) is 8.05. The molecule has 0 fully saturated rings. The number of carbonyl (C=O) groups is 6. The molecule has 6 rings (SSSR count). The highest BCUT2D eigenvalue weighted by molar-refractivity contribution is 6.30. The lowest BCUT2D eigenvalue weighted by atomic mass is 10.1. The fraction of sp³-hybridized carbons (Fsp3) is 0.333. The maximum absolute atomic E-state index is 13.3. The Morgan fingerprint density at radius 1 is 0.529 bits per heavy atom. The molecule has 0 bridgehead atoms. The number of benzene rings is 4. The lowest BCUT2D eigenvalue weighted by Gasteiger charge is -2.15. The van der Waals surface area contributed by atoms with Crippen LogP contribution in [0.1, 0.15) is 124 Å². The smallest absolute Gasteiger partial charge is 0.341 e. The summed E-state index contributed by atoms with van der Waals surface area (Å²) in [5.41, 5.74) is 7.85. The lowest BCUT2D eigenvalue weighted by molar-refractivity contribution is -0.139. The third-order valence-corrected chi connectivity index (χ3v) is 13.1.